The maximum absolute atomic E-state index is 13.7. The molecule has 0 spiro atoms. The van der Waals surface area contributed by atoms with Crippen LogP contribution in [0.3, 0.4) is 0 Å². The molecule has 2 aliphatic rings. The smallest absolute Gasteiger partial charge is 0.254 e. The van der Waals surface area contributed by atoms with Crippen molar-refractivity contribution in [3.05, 3.63) is 59.8 Å². The van der Waals surface area contributed by atoms with Gasteiger partial charge in [-0.15, -0.1) is 0 Å². The third-order valence-electron chi connectivity index (χ3n) is 6.07. The van der Waals surface area contributed by atoms with E-state index in [0.29, 0.717) is 12.1 Å². The molecular formula is C23H25FN6O. The highest BCUT2D eigenvalue weighted by molar-refractivity contribution is 5.94. The lowest BCUT2D eigenvalue weighted by Crippen LogP contribution is -2.31. The summed E-state index contributed by atoms with van der Waals surface area (Å²) in [4.78, 5) is 26.4. The van der Waals surface area contributed by atoms with Gasteiger partial charge in [0, 0.05) is 50.2 Å². The number of amides is 1. The van der Waals surface area contributed by atoms with Crippen LogP contribution in [-0.4, -0.2) is 50.2 Å². The van der Waals surface area contributed by atoms with Gasteiger partial charge in [0.25, 0.3) is 5.91 Å². The highest BCUT2D eigenvalue weighted by Crippen LogP contribution is 2.37. The molecule has 4 heterocycles. The number of nitrogens with zero attached hydrogens (tertiary/aromatic N) is 6. The molecule has 1 aromatic carbocycles. The van der Waals surface area contributed by atoms with Crippen LogP contribution in [0.25, 0.3) is 11.3 Å². The first-order chi connectivity index (χ1) is 15.1. The molecule has 3 aromatic rings. The zero-order valence-corrected chi connectivity index (χ0v) is 17.5. The summed E-state index contributed by atoms with van der Waals surface area (Å²) in [5.74, 6) is 0.165. The van der Waals surface area contributed by atoms with Gasteiger partial charge in [-0.25, -0.2) is 14.4 Å². The molecule has 2 saturated heterocycles. The van der Waals surface area contributed by atoms with Crippen molar-refractivity contribution in [2.45, 2.75) is 31.7 Å². The van der Waals surface area contributed by atoms with E-state index in [1.54, 1.807) is 23.0 Å². The number of rotatable bonds is 4. The number of hydrogen-bond donors (Lipinski definition) is 0. The SMILES string of the molecule is Cn1cc(-c2ccnc(N3CCCC3)n2)c([C@H]2CCCN2C(=O)c2cccc(F)c2)n1. The Bertz CT molecular complexity index is 1110. The number of hydrogen-bond acceptors (Lipinski definition) is 5. The first-order valence-electron chi connectivity index (χ1n) is 10.8. The lowest BCUT2D eigenvalue weighted by molar-refractivity contribution is 0.0732. The Morgan fingerprint density at radius 1 is 1.13 bits per heavy atom. The summed E-state index contributed by atoms with van der Waals surface area (Å²) in [5, 5.41) is 4.71. The highest BCUT2D eigenvalue weighted by atomic mass is 19.1. The lowest BCUT2D eigenvalue weighted by atomic mass is 10.0. The van der Waals surface area contributed by atoms with Gasteiger partial charge in [0.05, 0.1) is 17.4 Å². The summed E-state index contributed by atoms with van der Waals surface area (Å²) < 4.78 is 15.5. The maximum atomic E-state index is 13.7. The average Bonchev–Trinajstić information content (AvgIpc) is 3.53. The third-order valence-corrected chi connectivity index (χ3v) is 6.07. The van der Waals surface area contributed by atoms with Crippen LogP contribution >= 0.6 is 0 Å². The predicted octanol–water partition coefficient (Wildman–Crippen LogP) is 3.59. The van der Waals surface area contributed by atoms with E-state index in [9.17, 15) is 9.18 Å². The highest BCUT2D eigenvalue weighted by Gasteiger charge is 2.34. The van der Waals surface area contributed by atoms with Crippen molar-refractivity contribution in [3.8, 4) is 11.3 Å². The van der Waals surface area contributed by atoms with Crippen LogP contribution in [0.2, 0.25) is 0 Å². The molecule has 0 N–H and O–H groups in total. The summed E-state index contributed by atoms with van der Waals surface area (Å²) in [6.45, 7) is 2.57. The predicted molar refractivity (Wildman–Crippen MR) is 115 cm³/mol. The Hall–Kier alpha value is -3.29. The van der Waals surface area contributed by atoms with Gasteiger partial charge >= 0.3 is 0 Å². The molecule has 5 rings (SSSR count). The van der Waals surface area contributed by atoms with Crippen molar-refractivity contribution in [1.82, 2.24) is 24.6 Å². The minimum atomic E-state index is -0.407. The van der Waals surface area contributed by atoms with Crippen LogP contribution < -0.4 is 4.90 Å². The average molecular weight is 420 g/mol. The van der Waals surface area contributed by atoms with Gasteiger partial charge in [0.2, 0.25) is 5.95 Å². The van der Waals surface area contributed by atoms with E-state index in [2.05, 4.69) is 9.88 Å². The van der Waals surface area contributed by atoms with E-state index in [1.165, 1.54) is 12.1 Å². The molecule has 0 aliphatic carbocycles. The van der Waals surface area contributed by atoms with Crippen LogP contribution in [0.5, 0.6) is 0 Å². The zero-order valence-electron chi connectivity index (χ0n) is 17.5. The quantitative estimate of drug-likeness (QED) is 0.645. The Morgan fingerprint density at radius 3 is 2.77 bits per heavy atom. The van der Waals surface area contributed by atoms with E-state index < -0.39 is 5.82 Å². The number of carbonyl (C=O) groups excluding carboxylic acids is 1. The number of aryl methyl sites for hydroxylation is 1. The maximum Gasteiger partial charge on any atom is 0.254 e. The summed E-state index contributed by atoms with van der Waals surface area (Å²) in [6, 6.07) is 7.60. The standard InChI is InChI=1S/C23H25FN6O/c1-28-15-18(19-9-10-25-23(26-19)29-11-2-3-12-29)21(27-28)20-8-5-13-30(20)22(31)16-6-4-7-17(24)14-16/h4,6-7,9-10,14-15,20H,2-3,5,8,11-13H2,1H3/t20-/m1/s1. The molecule has 160 valence electrons. The van der Waals surface area contributed by atoms with Gasteiger partial charge in [-0.1, -0.05) is 6.07 Å². The van der Waals surface area contributed by atoms with Gasteiger partial charge in [0.15, 0.2) is 0 Å². The second-order valence-electron chi connectivity index (χ2n) is 8.20. The Labute approximate surface area is 180 Å². The summed E-state index contributed by atoms with van der Waals surface area (Å²) in [7, 11) is 1.88. The Morgan fingerprint density at radius 2 is 1.97 bits per heavy atom. The van der Waals surface area contributed by atoms with Gasteiger partial charge < -0.3 is 9.80 Å². The van der Waals surface area contributed by atoms with Crippen LogP contribution in [0.1, 0.15) is 47.8 Å². The fraction of sp³-hybridized carbons (Fsp3) is 0.391. The number of benzene rings is 1. The van der Waals surface area contributed by atoms with E-state index in [-0.39, 0.29) is 11.9 Å². The zero-order chi connectivity index (χ0) is 21.4. The van der Waals surface area contributed by atoms with Crippen molar-refractivity contribution >= 4 is 11.9 Å². The molecule has 2 aliphatic heterocycles. The van der Waals surface area contributed by atoms with Gasteiger partial charge in [-0.05, 0) is 49.9 Å². The van der Waals surface area contributed by atoms with E-state index >= 15 is 0 Å². The second-order valence-corrected chi connectivity index (χ2v) is 8.20. The largest absolute Gasteiger partial charge is 0.341 e. The third kappa shape index (κ3) is 3.78. The minimum Gasteiger partial charge on any atom is -0.341 e. The molecule has 8 heteroatoms. The molecule has 31 heavy (non-hydrogen) atoms. The van der Waals surface area contributed by atoms with Crippen molar-refractivity contribution in [1.29, 1.82) is 0 Å². The minimum absolute atomic E-state index is 0.168. The molecule has 1 atom stereocenters. The van der Waals surface area contributed by atoms with Crippen LogP contribution in [0.4, 0.5) is 10.3 Å². The first kappa shape index (κ1) is 19.7. The van der Waals surface area contributed by atoms with E-state index in [4.69, 9.17) is 10.1 Å². The van der Waals surface area contributed by atoms with E-state index in [1.807, 2.05) is 24.2 Å². The molecular weight excluding hydrogens is 395 g/mol. The molecule has 7 nitrogen and oxygen atoms in total. The number of likely N-dealkylation sites (tertiary alicyclic amines) is 1. The molecule has 1 amide bonds. The summed E-state index contributed by atoms with van der Waals surface area (Å²) >= 11 is 0. The van der Waals surface area contributed by atoms with Crippen LogP contribution in [0.15, 0.2) is 42.7 Å². The van der Waals surface area contributed by atoms with Crippen LogP contribution in [-0.2, 0) is 7.05 Å². The molecule has 2 fully saturated rings. The van der Waals surface area contributed by atoms with Crippen molar-refractivity contribution in [3.63, 3.8) is 0 Å². The van der Waals surface area contributed by atoms with Crippen LogP contribution in [0, 0.1) is 5.82 Å². The fourth-order valence-corrected chi connectivity index (χ4v) is 4.60. The monoisotopic (exact) mass is 420 g/mol. The summed E-state index contributed by atoms with van der Waals surface area (Å²) in [6.07, 6.45) is 7.75. The lowest BCUT2D eigenvalue weighted by Gasteiger charge is -2.24. The van der Waals surface area contributed by atoms with Crippen molar-refractivity contribution in [2.75, 3.05) is 24.5 Å². The second kappa shape index (κ2) is 8.09. The van der Waals surface area contributed by atoms with Crippen molar-refractivity contribution < 1.29 is 9.18 Å². The van der Waals surface area contributed by atoms with Gasteiger partial charge in [0.1, 0.15) is 5.82 Å². The Kier molecular flexibility index (Phi) is 5.13. The first-order valence-corrected chi connectivity index (χ1v) is 10.8. The molecule has 2 aromatic heterocycles. The molecule has 0 unspecified atom stereocenters. The molecule has 0 radical (unpaired) electrons. The molecule has 0 bridgehead atoms. The topological polar surface area (TPSA) is 67.2 Å². The summed E-state index contributed by atoms with van der Waals surface area (Å²) in [5.41, 5.74) is 2.91. The number of aromatic nitrogens is 4. The Balaban J connectivity index is 1.49. The fourth-order valence-electron chi connectivity index (χ4n) is 4.60. The van der Waals surface area contributed by atoms with Gasteiger partial charge in [-0.3, -0.25) is 9.48 Å². The molecule has 0 saturated carbocycles. The normalized spacial score (nSPS) is 18.7. The van der Waals surface area contributed by atoms with E-state index in [0.717, 1.165) is 61.7 Å². The number of halogens is 1. The van der Waals surface area contributed by atoms with Gasteiger partial charge in [-0.2, -0.15) is 5.10 Å². The number of anilines is 1. The van der Waals surface area contributed by atoms with Crippen molar-refractivity contribution in [2.24, 2.45) is 7.05 Å². The number of carbonyl (C=O) groups is 1.